The van der Waals surface area contributed by atoms with Crippen molar-refractivity contribution >= 4 is 11.7 Å². The number of ether oxygens (including phenoxy) is 1. The number of piperidine rings is 2. The minimum atomic E-state index is -4.35. The van der Waals surface area contributed by atoms with Gasteiger partial charge in [-0.15, -0.1) is 0 Å². The molecule has 0 bridgehead atoms. The van der Waals surface area contributed by atoms with Crippen LogP contribution < -0.4 is 10.2 Å². The number of benzene rings is 1. The second-order valence-corrected chi connectivity index (χ2v) is 7.58. The molecular weight excluding hydrogens is 357 g/mol. The van der Waals surface area contributed by atoms with Crippen LogP contribution in [-0.4, -0.2) is 39.3 Å². The van der Waals surface area contributed by atoms with Crippen molar-refractivity contribution < 1.29 is 22.7 Å². The number of carbonyl (C=O) groups is 1. The highest BCUT2D eigenvalue weighted by atomic mass is 19.4. The van der Waals surface area contributed by atoms with Crippen LogP contribution in [0.15, 0.2) is 18.2 Å². The number of fused-ring (bicyclic) bond motifs is 1. The average molecular weight is 384 g/mol. The van der Waals surface area contributed by atoms with Gasteiger partial charge in [0.25, 0.3) is 0 Å². The van der Waals surface area contributed by atoms with Crippen LogP contribution in [-0.2, 0) is 15.7 Å². The zero-order valence-electron chi connectivity index (χ0n) is 14.7. The first-order valence-electron chi connectivity index (χ1n) is 9.14. The first-order valence-corrected chi connectivity index (χ1v) is 9.14. The fourth-order valence-electron chi connectivity index (χ4n) is 4.68. The summed E-state index contributed by atoms with van der Waals surface area (Å²) in [5.74, 6) is 0.421. The van der Waals surface area contributed by atoms with Crippen molar-refractivity contribution in [2.75, 3.05) is 38.2 Å². The maximum Gasteiger partial charge on any atom is 0.416 e. The molecule has 3 aliphatic rings. The van der Waals surface area contributed by atoms with Crippen LogP contribution in [0, 0.1) is 17.8 Å². The highest BCUT2D eigenvalue weighted by Gasteiger charge is 2.60. The molecule has 1 N–H and O–H groups in total. The van der Waals surface area contributed by atoms with E-state index in [-0.39, 0.29) is 37.1 Å². The minimum absolute atomic E-state index is 0. The molecule has 1 saturated carbocycles. The maximum absolute atomic E-state index is 13.2. The number of carbonyl (C=O) groups excluding carboxylic acids is 1. The SMILES string of the molecule is C.COC(=O)C1[C@H]2CN(c3cc(C(F)(F)F)ccc3C3CCNCC3)C[C@@H]12. The maximum atomic E-state index is 13.2. The lowest BCUT2D eigenvalue weighted by Crippen LogP contribution is -2.30. The number of alkyl halides is 3. The lowest BCUT2D eigenvalue weighted by atomic mass is 9.88. The third-order valence-electron chi connectivity index (χ3n) is 6.14. The molecular formula is C20H27F3N2O2. The van der Waals surface area contributed by atoms with Crippen LogP contribution in [0.4, 0.5) is 18.9 Å². The molecule has 1 aromatic carbocycles. The quantitative estimate of drug-likeness (QED) is 0.808. The molecule has 3 atom stereocenters. The van der Waals surface area contributed by atoms with E-state index in [4.69, 9.17) is 4.74 Å². The lowest BCUT2D eigenvalue weighted by molar-refractivity contribution is -0.143. The van der Waals surface area contributed by atoms with Gasteiger partial charge in [0.2, 0.25) is 0 Å². The number of hydrogen-bond donors (Lipinski definition) is 1. The molecule has 150 valence electrons. The van der Waals surface area contributed by atoms with E-state index in [2.05, 4.69) is 5.32 Å². The normalized spacial score (nSPS) is 27.7. The van der Waals surface area contributed by atoms with Crippen molar-refractivity contribution in [3.8, 4) is 0 Å². The van der Waals surface area contributed by atoms with Gasteiger partial charge in [-0.2, -0.15) is 13.2 Å². The van der Waals surface area contributed by atoms with Crippen molar-refractivity contribution in [3.63, 3.8) is 0 Å². The predicted octanol–water partition coefficient (Wildman–Crippen LogP) is 3.66. The van der Waals surface area contributed by atoms with Crippen LogP contribution in [0.3, 0.4) is 0 Å². The Bertz CT molecular complexity index is 689. The van der Waals surface area contributed by atoms with Gasteiger partial charge in [-0.1, -0.05) is 13.5 Å². The number of nitrogens with zero attached hydrogens (tertiary/aromatic N) is 1. The largest absolute Gasteiger partial charge is 0.469 e. The molecule has 1 unspecified atom stereocenters. The molecule has 0 radical (unpaired) electrons. The smallest absolute Gasteiger partial charge is 0.416 e. The predicted molar refractivity (Wildman–Crippen MR) is 97.7 cm³/mol. The van der Waals surface area contributed by atoms with E-state index in [9.17, 15) is 18.0 Å². The van der Waals surface area contributed by atoms with Crippen molar-refractivity contribution in [2.24, 2.45) is 17.8 Å². The van der Waals surface area contributed by atoms with Crippen molar-refractivity contribution in [1.82, 2.24) is 5.32 Å². The Hall–Kier alpha value is -1.76. The van der Waals surface area contributed by atoms with Gasteiger partial charge in [-0.3, -0.25) is 4.79 Å². The Morgan fingerprint density at radius 3 is 2.37 bits per heavy atom. The molecule has 3 fully saturated rings. The molecule has 0 amide bonds. The number of esters is 1. The summed E-state index contributed by atoms with van der Waals surface area (Å²) in [5, 5.41) is 3.30. The fourth-order valence-corrected chi connectivity index (χ4v) is 4.68. The molecule has 7 heteroatoms. The molecule has 27 heavy (non-hydrogen) atoms. The van der Waals surface area contributed by atoms with Gasteiger partial charge in [0.1, 0.15) is 0 Å². The molecule has 1 aliphatic carbocycles. The number of hydrogen-bond acceptors (Lipinski definition) is 4. The summed E-state index contributed by atoms with van der Waals surface area (Å²) >= 11 is 0. The zero-order valence-corrected chi connectivity index (χ0v) is 14.7. The monoisotopic (exact) mass is 384 g/mol. The molecule has 0 spiro atoms. The summed E-state index contributed by atoms with van der Waals surface area (Å²) in [6, 6.07) is 4.17. The standard InChI is InChI=1S/C19H23F3N2O2.CH4/c1-26-18(25)17-14-9-24(10-15(14)17)16-8-12(19(20,21)22)2-3-13(16)11-4-6-23-7-5-11;/h2-3,8,11,14-15,17,23H,4-7,9-10H2,1H3;1H4/t14-,15+,17?;. The van der Waals surface area contributed by atoms with Crippen LogP contribution >= 0.6 is 0 Å². The Morgan fingerprint density at radius 1 is 1.19 bits per heavy atom. The Kier molecular flexibility index (Phi) is 5.43. The molecule has 2 heterocycles. The summed E-state index contributed by atoms with van der Waals surface area (Å²) in [7, 11) is 1.39. The number of nitrogens with one attached hydrogen (secondary N) is 1. The van der Waals surface area contributed by atoms with Crippen LogP contribution in [0.1, 0.15) is 37.3 Å². The number of methoxy groups -OCH3 is 1. The van der Waals surface area contributed by atoms with Crippen molar-refractivity contribution in [2.45, 2.75) is 32.4 Å². The topological polar surface area (TPSA) is 41.6 Å². The average Bonchev–Trinajstić information content (AvgIpc) is 3.14. The molecule has 4 rings (SSSR count). The number of anilines is 1. The van der Waals surface area contributed by atoms with Gasteiger partial charge in [-0.05, 0) is 61.4 Å². The second kappa shape index (κ2) is 7.34. The zero-order chi connectivity index (χ0) is 18.5. The van der Waals surface area contributed by atoms with Gasteiger partial charge in [0, 0.05) is 18.8 Å². The van der Waals surface area contributed by atoms with Gasteiger partial charge in [0.15, 0.2) is 0 Å². The first kappa shape index (κ1) is 20.0. The van der Waals surface area contributed by atoms with E-state index in [0.29, 0.717) is 18.8 Å². The summed E-state index contributed by atoms with van der Waals surface area (Å²) in [4.78, 5) is 13.8. The van der Waals surface area contributed by atoms with Gasteiger partial charge < -0.3 is 15.0 Å². The molecule has 2 saturated heterocycles. The third-order valence-corrected chi connectivity index (χ3v) is 6.14. The Balaban J connectivity index is 0.00000210. The van der Waals surface area contributed by atoms with Crippen molar-refractivity contribution in [1.29, 1.82) is 0 Å². The summed E-state index contributed by atoms with van der Waals surface area (Å²) in [5.41, 5.74) is 1.10. The van der Waals surface area contributed by atoms with E-state index in [1.165, 1.54) is 19.2 Å². The summed E-state index contributed by atoms with van der Waals surface area (Å²) in [6.07, 6.45) is -2.48. The van der Waals surface area contributed by atoms with E-state index >= 15 is 0 Å². The van der Waals surface area contributed by atoms with Gasteiger partial charge in [0.05, 0.1) is 18.6 Å². The van der Waals surface area contributed by atoms with Crippen LogP contribution in [0.5, 0.6) is 0 Å². The molecule has 4 nitrogen and oxygen atoms in total. The molecule has 1 aromatic rings. The molecule has 2 aliphatic heterocycles. The van der Waals surface area contributed by atoms with Crippen LogP contribution in [0.25, 0.3) is 0 Å². The number of rotatable bonds is 3. The number of halogens is 3. The minimum Gasteiger partial charge on any atom is -0.469 e. The fraction of sp³-hybridized carbons (Fsp3) is 0.650. The summed E-state index contributed by atoms with van der Waals surface area (Å²) in [6.45, 7) is 3.04. The third kappa shape index (κ3) is 3.66. The van der Waals surface area contributed by atoms with E-state index < -0.39 is 11.7 Å². The molecule has 0 aromatic heterocycles. The summed E-state index contributed by atoms with van der Waals surface area (Å²) < 4.78 is 44.5. The van der Waals surface area contributed by atoms with E-state index in [0.717, 1.165) is 31.5 Å². The Morgan fingerprint density at radius 2 is 1.81 bits per heavy atom. The van der Waals surface area contributed by atoms with Gasteiger partial charge in [-0.25, -0.2) is 0 Å². The highest BCUT2D eigenvalue weighted by Crippen LogP contribution is 2.54. The van der Waals surface area contributed by atoms with E-state index in [1.807, 2.05) is 4.90 Å². The van der Waals surface area contributed by atoms with Crippen LogP contribution in [0.2, 0.25) is 0 Å². The highest BCUT2D eigenvalue weighted by molar-refractivity contribution is 5.77. The second-order valence-electron chi connectivity index (χ2n) is 7.58. The Labute approximate surface area is 158 Å². The van der Waals surface area contributed by atoms with E-state index in [1.54, 1.807) is 6.07 Å². The van der Waals surface area contributed by atoms with Gasteiger partial charge >= 0.3 is 12.1 Å². The van der Waals surface area contributed by atoms with Crippen molar-refractivity contribution in [3.05, 3.63) is 29.3 Å². The first-order chi connectivity index (χ1) is 12.4. The lowest BCUT2D eigenvalue weighted by Gasteiger charge is -2.31.